The number of nitrogens with one attached hydrogen (secondary N) is 2. The fourth-order valence-electron chi connectivity index (χ4n) is 2.84. The molecule has 2 N–H and O–H groups in total. The minimum Gasteiger partial charge on any atom is -0.489 e. The van der Waals surface area contributed by atoms with Crippen LogP contribution in [0.4, 0.5) is 0 Å². The second-order valence-electron chi connectivity index (χ2n) is 7.45. The van der Waals surface area contributed by atoms with Crippen molar-refractivity contribution in [3.05, 3.63) is 29.8 Å². The maximum Gasteiger partial charge on any atom is 0.243 e. The van der Waals surface area contributed by atoms with Crippen LogP contribution >= 0.6 is 0 Å². The summed E-state index contributed by atoms with van der Waals surface area (Å²) in [6.07, 6.45) is 3.49. The van der Waals surface area contributed by atoms with Crippen molar-refractivity contribution in [1.29, 1.82) is 0 Å². The average molecular weight is 391 g/mol. The summed E-state index contributed by atoms with van der Waals surface area (Å²) in [6.45, 7) is 6.20. The van der Waals surface area contributed by atoms with Gasteiger partial charge in [-0.15, -0.1) is 0 Å². The molecule has 1 aliphatic rings. The van der Waals surface area contributed by atoms with Gasteiger partial charge in [0.15, 0.2) is 5.96 Å². The SMILES string of the molecule is Cc1cccc(OC(C)CNC(=NCC(=O)N(C)C)NCC2CCCCO2)c1. The highest BCUT2D eigenvalue weighted by atomic mass is 16.5. The Morgan fingerprint density at radius 3 is 2.86 bits per heavy atom. The number of hydrogen-bond donors (Lipinski definition) is 2. The molecule has 0 aromatic heterocycles. The number of aryl methyl sites for hydroxylation is 1. The highest BCUT2D eigenvalue weighted by Crippen LogP contribution is 2.14. The molecule has 1 fully saturated rings. The molecule has 1 saturated heterocycles. The lowest BCUT2D eigenvalue weighted by molar-refractivity contribution is -0.127. The summed E-state index contributed by atoms with van der Waals surface area (Å²) >= 11 is 0. The molecule has 2 rings (SSSR count). The highest BCUT2D eigenvalue weighted by molar-refractivity contribution is 5.84. The summed E-state index contributed by atoms with van der Waals surface area (Å²) in [5.41, 5.74) is 1.16. The summed E-state index contributed by atoms with van der Waals surface area (Å²) in [5.74, 6) is 1.40. The third-order valence-corrected chi connectivity index (χ3v) is 4.53. The molecule has 2 unspecified atom stereocenters. The van der Waals surface area contributed by atoms with E-state index in [0.717, 1.165) is 30.8 Å². The molecule has 0 aliphatic carbocycles. The van der Waals surface area contributed by atoms with Crippen LogP contribution in [0.2, 0.25) is 0 Å². The van der Waals surface area contributed by atoms with Gasteiger partial charge in [0.2, 0.25) is 5.91 Å². The summed E-state index contributed by atoms with van der Waals surface area (Å²) in [5, 5.41) is 6.58. The third kappa shape index (κ3) is 8.17. The lowest BCUT2D eigenvalue weighted by Gasteiger charge is -2.24. The lowest BCUT2D eigenvalue weighted by Crippen LogP contribution is -2.45. The number of benzene rings is 1. The topological polar surface area (TPSA) is 75.2 Å². The molecule has 1 aliphatic heterocycles. The zero-order valence-corrected chi connectivity index (χ0v) is 17.5. The fourth-order valence-corrected chi connectivity index (χ4v) is 2.84. The third-order valence-electron chi connectivity index (χ3n) is 4.53. The maximum absolute atomic E-state index is 11.9. The van der Waals surface area contributed by atoms with Gasteiger partial charge in [-0.05, 0) is 50.8 Å². The predicted molar refractivity (Wildman–Crippen MR) is 112 cm³/mol. The molecule has 7 nitrogen and oxygen atoms in total. The molecule has 156 valence electrons. The smallest absolute Gasteiger partial charge is 0.243 e. The van der Waals surface area contributed by atoms with Crippen molar-refractivity contribution in [3.8, 4) is 5.75 Å². The number of aliphatic imine (C=N–C) groups is 1. The standard InChI is InChI=1S/C21H34N4O3/c1-16-8-7-10-18(12-16)28-17(2)13-22-21(24-15-20(26)25(3)4)23-14-19-9-5-6-11-27-19/h7-8,10,12,17,19H,5-6,9,11,13-15H2,1-4H3,(H2,22,23,24). The summed E-state index contributed by atoms with van der Waals surface area (Å²) in [6, 6.07) is 7.99. The number of carbonyl (C=O) groups excluding carboxylic acids is 1. The van der Waals surface area contributed by atoms with E-state index in [9.17, 15) is 4.79 Å². The van der Waals surface area contributed by atoms with Crippen LogP contribution in [0.3, 0.4) is 0 Å². The average Bonchev–Trinajstić information content (AvgIpc) is 2.67. The van der Waals surface area contributed by atoms with E-state index >= 15 is 0 Å². The van der Waals surface area contributed by atoms with Gasteiger partial charge < -0.3 is 25.0 Å². The van der Waals surface area contributed by atoms with Crippen LogP contribution in [0.15, 0.2) is 29.3 Å². The van der Waals surface area contributed by atoms with Crippen LogP contribution in [0.5, 0.6) is 5.75 Å². The van der Waals surface area contributed by atoms with Gasteiger partial charge in [0.05, 0.1) is 12.6 Å². The van der Waals surface area contributed by atoms with Crippen molar-refractivity contribution in [3.63, 3.8) is 0 Å². The van der Waals surface area contributed by atoms with Crippen molar-refractivity contribution in [1.82, 2.24) is 15.5 Å². The van der Waals surface area contributed by atoms with Crippen molar-refractivity contribution in [2.45, 2.75) is 45.3 Å². The van der Waals surface area contributed by atoms with Gasteiger partial charge in [0, 0.05) is 27.2 Å². The Morgan fingerprint density at radius 2 is 2.18 bits per heavy atom. The first kappa shape index (κ1) is 22.0. The number of amides is 1. The molecule has 1 aromatic rings. The largest absolute Gasteiger partial charge is 0.489 e. The first-order valence-electron chi connectivity index (χ1n) is 10.0. The summed E-state index contributed by atoms with van der Waals surface area (Å²) < 4.78 is 11.7. The first-order chi connectivity index (χ1) is 13.4. The van der Waals surface area contributed by atoms with Crippen LogP contribution in [0, 0.1) is 6.92 Å². The molecule has 28 heavy (non-hydrogen) atoms. The first-order valence-corrected chi connectivity index (χ1v) is 10.0. The van der Waals surface area contributed by atoms with E-state index in [4.69, 9.17) is 9.47 Å². The highest BCUT2D eigenvalue weighted by Gasteiger charge is 2.15. The maximum atomic E-state index is 11.9. The van der Waals surface area contributed by atoms with E-state index in [1.807, 2.05) is 38.1 Å². The van der Waals surface area contributed by atoms with Gasteiger partial charge in [0.1, 0.15) is 18.4 Å². The van der Waals surface area contributed by atoms with Crippen molar-refractivity contribution in [2.24, 2.45) is 4.99 Å². The van der Waals surface area contributed by atoms with Crippen LogP contribution in [-0.4, -0.2) is 69.3 Å². The number of nitrogens with zero attached hydrogens (tertiary/aromatic N) is 2. The minimum absolute atomic E-state index is 0.0425. The van der Waals surface area contributed by atoms with Crippen LogP contribution < -0.4 is 15.4 Å². The Balaban J connectivity index is 1.87. The van der Waals surface area contributed by atoms with E-state index < -0.39 is 0 Å². The second kappa shape index (κ2) is 11.5. The Hall–Kier alpha value is -2.28. The summed E-state index contributed by atoms with van der Waals surface area (Å²) in [7, 11) is 3.46. The normalized spacial score (nSPS) is 18.3. The molecule has 7 heteroatoms. The van der Waals surface area contributed by atoms with Crippen molar-refractivity contribution < 1.29 is 14.3 Å². The number of guanidine groups is 1. The molecule has 0 radical (unpaired) electrons. The molecule has 2 atom stereocenters. The van der Waals surface area contributed by atoms with Crippen LogP contribution in [0.25, 0.3) is 0 Å². The zero-order chi connectivity index (χ0) is 20.4. The second-order valence-corrected chi connectivity index (χ2v) is 7.45. The molecule has 1 aromatic carbocycles. The molecule has 0 bridgehead atoms. The number of hydrogen-bond acceptors (Lipinski definition) is 4. The Bertz CT molecular complexity index is 642. The van der Waals surface area contributed by atoms with Gasteiger partial charge in [-0.3, -0.25) is 4.79 Å². The lowest BCUT2D eigenvalue weighted by atomic mass is 10.1. The molecule has 1 amide bonds. The molecule has 0 saturated carbocycles. The van der Waals surface area contributed by atoms with E-state index in [0.29, 0.717) is 19.0 Å². The summed E-state index contributed by atoms with van der Waals surface area (Å²) in [4.78, 5) is 17.8. The zero-order valence-electron chi connectivity index (χ0n) is 17.5. The number of rotatable bonds is 8. The molecule has 0 spiro atoms. The Kier molecular flexibility index (Phi) is 9.07. The molecular formula is C21H34N4O3. The molecule has 1 heterocycles. The molecular weight excluding hydrogens is 356 g/mol. The van der Waals surface area contributed by atoms with Gasteiger partial charge in [-0.2, -0.15) is 0 Å². The monoisotopic (exact) mass is 390 g/mol. The quantitative estimate of drug-likeness (QED) is 0.524. The van der Waals surface area contributed by atoms with Crippen molar-refractivity contribution in [2.75, 3.05) is 40.3 Å². The van der Waals surface area contributed by atoms with E-state index in [1.165, 1.54) is 11.3 Å². The Morgan fingerprint density at radius 1 is 1.36 bits per heavy atom. The number of likely N-dealkylation sites (N-methyl/N-ethyl adjacent to an activating group) is 1. The van der Waals surface area contributed by atoms with E-state index in [-0.39, 0.29) is 24.7 Å². The fraction of sp³-hybridized carbons (Fsp3) is 0.619. The predicted octanol–water partition coefficient (Wildman–Crippen LogP) is 1.95. The van der Waals surface area contributed by atoms with E-state index in [1.54, 1.807) is 14.1 Å². The van der Waals surface area contributed by atoms with Gasteiger partial charge >= 0.3 is 0 Å². The van der Waals surface area contributed by atoms with Gasteiger partial charge in [0.25, 0.3) is 0 Å². The number of carbonyl (C=O) groups is 1. The van der Waals surface area contributed by atoms with Gasteiger partial charge in [-0.1, -0.05) is 12.1 Å². The van der Waals surface area contributed by atoms with E-state index in [2.05, 4.69) is 15.6 Å². The van der Waals surface area contributed by atoms with Gasteiger partial charge in [-0.25, -0.2) is 4.99 Å². The number of ether oxygens (including phenoxy) is 2. The Labute approximate surface area is 168 Å². The van der Waals surface area contributed by atoms with Crippen LogP contribution in [-0.2, 0) is 9.53 Å². The van der Waals surface area contributed by atoms with Crippen molar-refractivity contribution >= 4 is 11.9 Å². The minimum atomic E-state index is -0.0516. The van der Waals surface area contributed by atoms with Crippen LogP contribution in [0.1, 0.15) is 31.7 Å².